The standard InChI is InChI=1S/C23H25N5O2/c1-17-3-4-20(15-18(17)2)30-16-23(29)28-13-11-27(12-14-28)22-6-5-21(25-26-22)19-7-9-24-10-8-19/h3-10,15H,11-14,16H2,1-2H3. The second-order valence-electron chi connectivity index (χ2n) is 7.42. The van der Waals surface area contributed by atoms with Gasteiger partial charge in [-0.15, -0.1) is 10.2 Å². The molecule has 0 aliphatic carbocycles. The summed E-state index contributed by atoms with van der Waals surface area (Å²) >= 11 is 0. The van der Waals surface area contributed by atoms with Crippen LogP contribution in [-0.4, -0.2) is 58.8 Å². The summed E-state index contributed by atoms with van der Waals surface area (Å²) in [5, 5.41) is 8.70. The Hall–Kier alpha value is -3.48. The second-order valence-corrected chi connectivity index (χ2v) is 7.42. The second kappa shape index (κ2) is 8.90. The Morgan fingerprint density at radius 1 is 0.933 bits per heavy atom. The summed E-state index contributed by atoms with van der Waals surface area (Å²) < 4.78 is 5.69. The smallest absolute Gasteiger partial charge is 0.260 e. The van der Waals surface area contributed by atoms with E-state index in [0.29, 0.717) is 13.1 Å². The number of hydrogen-bond acceptors (Lipinski definition) is 6. The molecule has 0 unspecified atom stereocenters. The maximum Gasteiger partial charge on any atom is 0.260 e. The lowest BCUT2D eigenvalue weighted by Crippen LogP contribution is -2.50. The van der Waals surface area contributed by atoms with Crippen LogP contribution in [0.5, 0.6) is 5.75 Å². The van der Waals surface area contributed by atoms with Gasteiger partial charge in [0, 0.05) is 44.1 Å². The molecule has 1 amide bonds. The zero-order valence-corrected chi connectivity index (χ0v) is 17.3. The van der Waals surface area contributed by atoms with E-state index in [9.17, 15) is 4.79 Å². The average molecular weight is 403 g/mol. The third-order valence-corrected chi connectivity index (χ3v) is 5.42. The highest BCUT2D eigenvalue weighted by Gasteiger charge is 2.22. The third kappa shape index (κ3) is 4.56. The Kier molecular flexibility index (Phi) is 5.88. The molecule has 0 atom stereocenters. The van der Waals surface area contributed by atoms with Gasteiger partial charge in [0.15, 0.2) is 12.4 Å². The van der Waals surface area contributed by atoms with Crippen molar-refractivity contribution in [1.29, 1.82) is 0 Å². The Bertz CT molecular complexity index is 1000. The number of ether oxygens (including phenoxy) is 1. The highest BCUT2D eigenvalue weighted by atomic mass is 16.5. The molecular weight excluding hydrogens is 378 g/mol. The number of aryl methyl sites for hydroxylation is 2. The molecule has 154 valence electrons. The van der Waals surface area contributed by atoms with E-state index in [4.69, 9.17) is 4.74 Å². The highest BCUT2D eigenvalue weighted by Crippen LogP contribution is 2.19. The number of pyridine rings is 1. The molecule has 0 spiro atoms. The van der Waals surface area contributed by atoms with Crippen LogP contribution >= 0.6 is 0 Å². The third-order valence-electron chi connectivity index (χ3n) is 5.42. The monoisotopic (exact) mass is 403 g/mol. The van der Waals surface area contributed by atoms with Gasteiger partial charge < -0.3 is 14.5 Å². The van der Waals surface area contributed by atoms with Gasteiger partial charge in [-0.05, 0) is 61.4 Å². The number of rotatable bonds is 5. The van der Waals surface area contributed by atoms with Crippen LogP contribution < -0.4 is 9.64 Å². The Balaban J connectivity index is 1.29. The predicted molar refractivity (Wildman–Crippen MR) is 115 cm³/mol. The first kappa shape index (κ1) is 19.8. The molecule has 0 saturated carbocycles. The number of benzene rings is 1. The first-order chi connectivity index (χ1) is 14.6. The molecule has 7 nitrogen and oxygen atoms in total. The molecule has 0 N–H and O–H groups in total. The van der Waals surface area contributed by atoms with Crippen molar-refractivity contribution in [3.63, 3.8) is 0 Å². The first-order valence-corrected chi connectivity index (χ1v) is 10.1. The largest absolute Gasteiger partial charge is 0.484 e. The molecule has 7 heteroatoms. The number of anilines is 1. The minimum absolute atomic E-state index is 0.00648. The molecule has 30 heavy (non-hydrogen) atoms. The number of aromatic nitrogens is 3. The molecule has 1 aromatic carbocycles. The zero-order valence-electron chi connectivity index (χ0n) is 17.3. The van der Waals surface area contributed by atoms with Crippen molar-refractivity contribution in [1.82, 2.24) is 20.1 Å². The molecule has 0 radical (unpaired) electrons. The van der Waals surface area contributed by atoms with E-state index in [1.807, 2.05) is 54.3 Å². The maximum absolute atomic E-state index is 12.5. The van der Waals surface area contributed by atoms with E-state index in [1.54, 1.807) is 12.4 Å². The van der Waals surface area contributed by atoms with Gasteiger partial charge in [-0.1, -0.05) is 6.07 Å². The summed E-state index contributed by atoms with van der Waals surface area (Å²) in [7, 11) is 0. The zero-order chi connectivity index (χ0) is 20.9. The topological polar surface area (TPSA) is 71.5 Å². The van der Waals surface area contributed by atoms with E-state index >= 15 is 0 Å². The molecule has 2 aromatic heterocycles. The SMILES string of the molecule is Cc1ccc(OCC(=O)N2CCN(c3ccc(-c4ccncc4)nn3)CC2)cc1C. The van der Waals surface area contributed by atoms with Crippen LogP contribution in [0.2, 0.25) is 0 Å². The number of carbonyl (C=O) groups is 1. The number of carbonyl (C=O) groups excluding carboxylic acids is 1. The normalized spacial score (nSPS) is 13.9. The van der Waals surface area contributed by atoms with E-state index in [0.717, 1.165) is 41.5 Å². The molecule has 3 aromatic rings. The number of amides is 1. The Labute approximate surface area is 176 Å². The van der Waals surface area contributed by atoms with Crippen molar-refractivity contribution >= 4 is 11.7 Å². The van der Waals surface area contributed by atoms with E-state index in [2.05, 4.69) is 27.0 Å². The molecule has 0 bridgehead atoms. The molecule has 1 saturated heterocycles. The summed E-state index contributed by atoms with van der Waals surface area (Å²) in [6.45, 7) is 6.88. The minimum atomic E-state index is 0.00648. The van der Waals surface area contributed by atoms with Crippen molar-refractivity contribution < 1.29 is 9.53 Å². The quantitative estimate of drug-likeness (QED) is 0.652. The molecule has 1 aliphatic rings. The molecule has 1 fully saturated rings. The Morgan fingerprint density at radius 3 is 2.37 bits per heavy atom. The fourth-order valence-corrected chi connectivity index (χ4v) is 3.40. The van der Waals surface area contributed by atoms with Gasteiger partial charge in [-0.3, -0.25) is 9.78 Å². The van der Waals surface area contributed by atoms with Crippen LogP contribution in [0.25, 0.3) is 11.3 Å². The molecule has 4 rings (SSSR count). The number of nitrogens with zero attached hydrogens (tertiary/aromatic N) is 5. The predicted octanol–water partition coefficient (Wildman–Crippen LogP) is 2.88. The van der Waals surface area contributed by atoms with E-state index in [1.165, 1.54) is 5.56 Å². The van der Waals surface area contributed by atoms with Crippen LogP contribution in [-0.2, 0) is 4.79 Å². The van der Waals surface area contributed by atoms with Crippen molar-refractivity contribution in [3.8, 4) is 17.0 Å². The van der Waals surface area contributed by atoms with Crippen LogP contribution in [0.3, 0.4) is 0 Å². The maximum atomic E-state index is 12.5. The summed E-state index contributed by atoms with van der Waals surface area (Å²) in [4.78, 5) is 20.5. The lowest BCUT2D eigenvalue weighted by atomic mass is 10.1. The lowest BCUT2D eigenvalue weighted by Gasteiger charge is -2.35. The molecular formula is C23H25N5O2. The van der Waals surface area contributed by atoms with Crippen LogP contribution in [0.4, 0.5) is 5.82 Å². The fourth-order valence-electron chi connectivity index (χ4n) is 3.40. The van der Waals surface area contributed by atoms with Gasteiger partial charge in [-0.2, -0.15) is 0 Å². The van der Waals surface area contributed by atoms with Crippen molar-refractivity contribution in [3.05, 3.63) is 66.0 Å². The minimum Gasteiger partial charge on any atom is -0.484 e. The summed E-state index contributed by atoms with van der Waals surface area (Å²) in [5.74, 6) is 1.56. The van der Waals surface area contributed by atoms with Crippen LogP contribution in [0.15, 0.2) is 54.9 Å². The van der Waals surface area contributed by atoms with Gasteiger partial charge >= 0.3 is 0 Å². The van der Waals surface area contributed by atoms with Gasteiger partial charge in [0.2, 0.25) is 0 Å². The van der Waals surface area contributed by atoms with Crippen molar-refractivity contribution in [2.75, 3.05) is 37.7 Å². The highest BCUT2D eigenvalue weighted by molar-refractivity contribution is 5.78. The van der Waals surface area contributed by atoms with Gasteiger partial charge in [0.05, 0.1) is 5.69 Å². The average Bonchev–Trinajstić information content (AvgIpc) is 2.80. The molecule has 3 heterocycles. The summed E-state index contributed by atoms with van der Waals surface area (Å²) in [6, 6.07) is 13.6. The number of hydrogen-bond donors (Lipinski definition) is 0. The summed E-state index contributed by atoms with van der Waals surface area (Å²) in [6.07, 6.45) is 3.48. The van der Waals surface area contributed by atoms with Crippen molar-refractivity contribution in [2.45, 2.75) is 13.8 Å². The fraction of sp³-hybridized carbons (Fsp3) is 0.304. The lowest BCUT2D eigenvalue weighted by molar-refractivity contribution is -0.133. The summed E-state index contributed by atoms with van der Waals surface area (Å²) in [5.41, 5.74) is 4.17. The van der Waals surface area contributed by atoms with Crippen molar-refractivity contribution in [2.24, 2.45) is 0 Å². The van der Waals surface area contributed by atoms with E-state index in [-0.39, 0.29) is 12.5 Å². The van der Waals surface area contributed by atoms with Gasteiger partial charge in [-0.25, -0.2) is 0 Å². The molecule has 1 aliphatic heterocycles. The number of piperazine rings is 1. The van der Waals surface area contributed by atoms with E-state index < -0.39 is 0 Å². The first-order valence-electron chi connectivity index (χ1n) is 10.1. The van der Waals surface area contributed by atoms with Crippen LogP contribution in [0.1, 0.15) is 11.1 Å². The van der Waals surface area contributed by atoms with Gasteiger partial charge in [0.25, 0.3) is 5.91 Å². The van der Waals surface area contributed by atoms with Gasteiger partial charge in [0.1, 0.15) is 5.75 Å². The van der Waals surface area contributed by atoms with Crippen LogP contribution in [0, 0.1) is 13.8 Å². The Morgan fingerprint density at radius 2 is 1.70 bits per heavy atom.